The summed E-state index contributed by atoms with van der Waals surface area (Å²) in [5.74, 6) is -3.87. The summed E-state index contributed by atoms with van der Waals surface area (Å²) in [7, 11) is 0. The van der Waals surface area contributed by atoms with Crippen LogP contribution in [0.2, 0.25) is 0 Å². The number of halogens is 2. The molecule has 2 aromatic carbocycles. The first kappa shape index (κ1) is 15.9. The molecule has 3 nitrogen and oxygen atoms in total. The highest BCUT2D eigenvalue weighted by Crippen LogP contribution is 2.29. The van der Waals surface area contributed by atoms with Gasteiger partial charge in [0.1, 0.15) is 0 Å². The first-order valence-corrected chi connectivity index (χ1v) is 7.35. The Bertz CT molecular complexity index is 877. The van der Waals surface area contributed by atoms with Crippen LogP contribution < -0.4 is 0 Å². The van der Waals surface area contributed by atoms with Gasteiger partial charge < -0.3 is 9.67 Å². The van der Waals surface area contributed by atoms with Crippen molar-refractivity contribution in [2.24, 2.45) is 0 Å². The highest BCUT2D eigenvalue weighted by Gasteiger charge is 2.24. The summed E-state index contributed by atoms with van der Waals surface area (Å²) in [6.07, 6.45) is 3.61. The molecule has 0 bridgehead atoms. The van der Waals surface area contributed by atoms with Crippen LogP contribution in [-0.4, -0.2) is 15.6 Å². The van der Waals surface area contributed by atoms with Crippen LogP contribution in [0, 0.1) is 0 Å². The lowest BCUT2D eigenvalue weighted by Crippen LogP contribution is -2.07. The Balaban J connectivity index is 1.92. The minimum atomic E-state index is -2.89. The van der Waals surface area contributed by atoms with Crippen molar-refractivity contribution < 1.29 is 18.7 Å². The molecule has 0 amide bonds. The summed E-state index contributed by atoms with van der Waals surface area (Å²) in [4.78, 5) is 10.9. The Morgan fingerprint density at radius 1 is 1.04 bits per heavy atom. The summed E-state index contributed by atoms with van der Waals surface area (Å²) in [6, 6.07) is 14.6. The summed E-state index contributed by atoms with van der Waals surface area (Å²) in [5.41, 5.74) is 2.55. The number of carbonyl (C=O) groups is 1. The molecular formula is C19H15F2NO2. The first-order valence-electron chi connectivity index (χ1n) is 7.35. The van der Waals surface area contributed by atoms with Gasteiger partial charge in [-0.25, -0.2) is 13.6 Å². The minimum absolute atomic E-state index is 0.0407. The molecule has 0 radical (unpaired) electrons. The fourth-order valence-corrected chi connectivity index (χ4v) is 2.47. The molecule has 1 N–H and O–H groups in total. The number of alkyl halides is 2. The highest BCUT2D eigenvalue weighted by atomic mass is 19.3. The number of hydrogen-bond acceptors (Lipinski definition) is 1. The van der Waals surface area contributed by atoms with Gasteiger partial charge in [0, 0.05) is 30.6 Å². The van der Waals surface area contributed by atoms with E-state index in [4.69, 9.17) is 5.11 Å². The van der Waals surface area contributed by atoms with Crippen molar-refractivity contribution in [3.8, 4) is 16.8 Å². The number of carboxylic acids is 1. The summed E-state index contributed by atoms with van der Waals surface area (Å²) >= 11 is 0. The second-order valence-electron chi connectivity index (χ2n) is 5.63. The predicted molar refractivity (Wildman–Crippen MR) is 87.7 cm³/mol. The Morgan fingerprint density at radius 3 is 2.38 bits per heavy atom. The van der Waals surface area contributed by atoms with E-state index in [1.165, 1.54) is 24.3 Å². The number of rotatable bonds is 4. The number of hydrogen-bond donors (Lipinski definition) is 1. The highest BCUT2D eigenvalue weighted by molar-refractivity contribution is 5.88. The van der Waals surface area contributed by atoms with Crippen molar-refractivity contribution >= 4 is 5.97 Å². The van der Waals surface area contributed by atoms with E-state index >= 15 is 0 Å². The van der Waals surface area contributed by atoms with Gasteiger partial charge in [0.15, 0.2) is 0 Å². The van der Waals surface area contributed by atoms with Gasteiger partial charge in [-0.15, -0.1) is 0 Å². The topological polar surface area (TPSA) is 42.2 Å². The van der Waals surface area contributed by atoms with Gasteiger partial charge in [-0.05, 0) is 41.5 Å². The van der Waals surface area contributed by atoms with Crippen LogP contribution in [0.15, 0.2) is 67.0 Å². The van der Waals surface area contributed by atoms with E-state index in [0.29, 0.717) is 5.69 Å². The van der Waals surface area contributed by atoms with Crippen LogP contribution >= 0.6 is 0 Å². The molecule has 24 heavy (non-hydrogen) atoms. The fourth-order valence-electron chi connectivity index (χ4n) is 2.47. The maximum atomic E-state index is 13.5. The molecule has 0 saturated carbocycles. The molecule has 1 heterocycles. The molecule has 122 valence electrons. The number of nitrogens with zero attached hydrogens (tertiary/aromatic N) is 1. The van der Waals surface area contributed by atoms with Gasteiger partial charge in [0.2, 0.25) is 0 Å². The summed E-state index contributed by atoms with van der Waals surface area (Å²) in [5, 5.41) is 8.93. The second-order valence-corrected chi connectivity index (χ2v) is 5.63. The van der Waals surface area contributed by atoms with Crippen LogP contribution in [0.1, 0.15) is 22.8 Å². The zero-order valence-corrected chi connectivity index (χ0v) is 12.9. The third kappa shape index (κ3) is 3.20. The average molecular weight is 327 g/mol. The number of benzene rings is 2. The van der Waals surface area contributed by atoms with Gasteiger partial charge in [-0.2, -0.15) is 0 Å². The third-order valence-corrected chi connectivity index (χ3v) is 3.81. The molecule has 5 heteroatoms. The molecule has 0 spiro atoms. The number of carboxylic acid groups (broad SMARTS) is 1. The minimum Gasteiger partial charge on any atom is -0.478 e. The Hall–Kier alpha value is -2.95. The van der Waals surface area contributed by atoms with E-state index in [2.05, 4.69) is 0 Å². The van der Waals surface area contributed by atoms with Gasteiger partial charge in [-0.1, -0.05) is 24.3 Å². The van der Waals surface area contributed by atoms with Gasteiger partial charge in [-0.3, -0.25) is 0 Å². The van der Waals surface area contributed by atoms with Gasteiger partial charge in [0.05, 0.1) is 5.56 Å². The van der Waals surface area contributed by atoms with E-state index in [0.717, 1.165) is 18.1 Å². The fraction of sp³-hybridized carbons (Fsp3) is 0.105. The normalized spacial score (nSPS) is 11.5. The largest absolute Gasteiger partial charge is 0.478 e. The predicted octanol–water partition coefficient (Wildman–Crippen LogP) is 4.95. The van der Waals surface area contributed by atoms with Gasteiger partial charge >= 0.3 is 5.97 Å². The van der Waals surface area contributed by atoms with E-state index in [1.54, 1.807) is 35.0 Å². The smallest absolute Gasteiger partial charge is 0.335 e. The lowest BCUT2D eigenvalue weighted by atomic mass is 10.1. The van der Waals surface area contributed by atoms with Crippen molar-refractivity contribution in [3.05, 3.63) is 78.1 Å². The van der Waals surface area contributed by atoms with E-state index < -0.39 is 11.9 Å². The maximum Gasteiger partial charge on any atom is 0.335 e. The average Bonchev–Trinajstić information content (AvgIpc) is 3.04. The van der Waals surface area contributed by atoms with Gasteiger partial charge in [0.25, 0.3) is 5.92 Å². The Morgan fingerprint density at radius 2 is 1.75 bits per heavy atom. The number of aromatic carboxylic acids is 1. The van der Waals surface area contributed by atoms with Crippen LogP contribution in [0.25, 0.3) is 16.8 Å². The van der Waals surface area contributed by atoms with Crippen molar-refractivity contribution in [1.82, 2.24) is 4.57 Å². The van der Waals surface area contributed by atoms with Crippen molar-refractivity contribution in [2.75, 3.05) is 0 Å². The maximum absolute atomic E-state index is 13.5. The molecule has 0 aliphatic carbocycles. The van der Waals surface area contributed by atoms with Crippen LogP contribution in [-0.2, 0) is 5.92 Å². The molecule has 0 aliphatic heterocycles. The van der Waals surface area contributed by atoms with E-state index in [1.807, 2.05) is 12.3 Å². The molecule has 0 atom stereocenters. The first-order chi connectivity index (χ1) is 11.3. The van der Waals surface area contributed by atoms with Crippen molar-refractivity contribution in [2.45, 2.75) is 12.8 Å². The van der Waals surface area contributed by atoms with Crippen molar-refractivity contribution in [1.29, 1.82) is 0 Å². The third-order valence-electron chi connectivity index (χ3n) is 3.81. The molecule has 3 rings (SSSR count). The number of aromatic nitrogens is 1. The monoisotopic (exact) mass is 327 g/mol. The lowest BCUT2D eigenvalue weighted by molar-refractivity contribution is 0.0174. The van der Waals surface area contributed by atoms with E-state index in [9.17, 15) is 13.6 Å². The van der Waals surface area contributed by atoms with Crippen LogP contribution in [0.5, 0.6) is 0 Å². The molecule has 0 saturated heterocycles. The zero-order chi connectivity index (χ0) is 17.3. The lowest BCUT2D eigenvalue weighted by Gasteiger charge is -2.12. The molecule has 0 aliphatic rings. The van der Waals surface area contributed by atoms with Crippen LogP contribution in [0.4, 0.5) is 8.78 Å². The second kappa shape index (κ2) is 5.92. The SMILES string of the molecule is CC(F)(F)c1cccc(-n2ccc(-c3ccc(C(=O)O)cc3)c2)c1. The Labute approximate surface area is 137 Å². The molecule has 0 fully saturated rings. The van der Waals surface area contributed by atoms with Crippen LogP contribution in [0.3, 0.4) is 0 Å². The summed E-state index contributed by atoms with van der Waals surface area (Å²) in [6.45, 7) is 0.872. The molecule has 3 aromatic rings. The molecule has 0 unspecified atom stereocenters. The Kier molecular flexibility index (Phi) is 3.93. The zero-order valence-electron chi connectivity index (χ0n) is 12.9. The standard InChI is InChI=1S/C19H15F2NO2/c1-19(20,21)16-3-2-4-17(11-16)22-10-9-15(12-22)13-5-7-14(8-6-13)18(23)24/h2-12H,1H3,(H,23,24). The molecular weight excluding hydrogens is 312 g/mol. The van der Waals surface area contributed by atoms with Crippen molar-refractivity contribution in [3.63, 3.8) is 0 Å². The van der Waals surface area contributed by atoms with E-state index in [-0.39, 0.29) is 11.1 Å². The summed E-state index contributed by atoms with van der Waals surface area (Å²) < 4.78 is 28.7. The molecule has 1 aromatic heterocycles. The quantitative estimate of drug-likeness (QED) is 0.736.